The molecule has 0 rings (SSSR count). The highest BCUT2D eigenvalue weighted by Crippen LogP contribution is 1.87. The third-order valence-corrected chi connectivity index (χ3v) is 0.178. The van der Waals surface area contributed by atoms with Gasteiger partial charge in [0.2, 0.25) is 0 Å². The molecule has 0 radical (unpaired) electrons. The summed E-state index contributed by atoms with van der Waals surface area (Å²) in [4.78, 5) is 0. The molecular formula is C3H8F2O. The smallest absolute Gasteiger partial charge is 0.326 e. The quantitative estimate of drug-likeness (QED) is 0.482. The van der Waals surface area contributed by atoms with Gasteiger partial charge in [0.25, 0.3) is 0 Å². The van der Waals surface area contributed by atoms with Gasteiger partial charge in [0.15, 0.2) is 0 Å². The van der Waals surface area contributed by atoms with Gasteiger partial charge in [-0.2, -0.15) is 8.78 Å². The molecule has 0 aromatic carbocycles. The van der Waals surface area contributed by atoms with E-state index in [1.54, 1.807) is 0 Å². The molecule has 1 nitrogen and oxygen atoms in total. The van der Waals surface area contributed by atoms with E-state index >= 15 is 0 Å². The van der Waals surface area contributed by atoms with Crippen LogP contribution in [0.25, 0.3) is 0 Å². The Morgan fingerprint density at radius 2 is 1.67 bits per heavy atom. The number of halogens is 2. The minimum absolute atomic E-state index is 0. The molecule has 0 spiro atoms. The molecule has 0 aliphatic heterocycles. The van der Waals surface area contributed by atoms with Crippen molar-refractivity contribution in [2.24, 2.45) is 0 Å². The van der Waals surface area contributed by atoms with Gasteiger partial charge in [-0.1, -0.05) is 7.43 Å². The zero-order valence-electron chi connectivity index (χ0n) is 2.74. The van der Waals surface area contributed by atoms with E-state index in [1.165, 1.54) is 0 Å². The number of rotatable bonds is 1. The summed E-state index contributed by atoms with van der Waals surface area (Å²) in [6.45, 7) is -2.62. The lowest BCUT2D eigenvalue weighted by molar-refractivity contribution is -0.105. The third kappa shape index (κ3) is 9.17. The van der Waals surface area contributed by atoms with Crippen molar-refractivity contribution in [3.63, 3.8) is 0 Å². The van der Waals surface area contributed by atoms with Crippen LogP contribution in [0.2, 0.25) is 0 Å². The molecule has 0 saturated carbocycles. The standard InChI is InChI=1S/C2H4F2O.CH4/c1-5-2(3)4;/h2H,1H3;1H4. The van der Waals surface area contributed by atoms with Crippen LogP contribution in [-0.2, 0) is 4.74 Å². The van der Waals surface area contributed by atoms with Crippen molar-refractivity contribution >= 4 is 0 Å². The minimum Gasteiger partial charge on any atom is -0.326 e. The number of hydrogen-bond donors (Lipinski definition) is 0. The molecule has 0 N–H and O–H groups in total. The predicted molar refractivity (Wildman–Crippen MR) is 19.7 cm³/mol. The van der Waals surface area contributed by atoms with Gasteiger partial charge in [-0.25, -0.2) is 0 Å². The average molecular weight is 98.1 g/mol. The van der Waals surface area contributed by atoms with E-state index in [0.717, 1.165) is 7.11 Å². The van der Waals surface area contributed by atoms with E-state index in [4.69, 9.17) is 0 Å². The molecule has 0 amide bonds. The molecule has 0 heterocycles. The van der Waals surface area contributed by atoms with Crippen molar-refractivity contribution in [3.8, 4) is 0 Å². The summed E-state index contributed by atoms with van der Waals surface area (Å²) >= 11 is 0. The maximum Gasteiger partial charge on any atom is 0.345 e. The molecule has 3 heteroatoms. The summed E-state index contributed by atoms with van der Waals surface area (Å²) in [5, 5.41) is 0. The second kappa shape index (κ2) is 4.82. The molecular weight excluding hydrogens is 90.0 g/mol. The second-order valence-electron chi connectivity index (χ2n) is 0.496. The predicted octanol–water partition coefficient (Wildman–Crippen LogP) is 1.49. The Morgan fingerprint density at radius 3 is 1.67 bits per heavy atom. The van der Waals surface area contributed by atoms with E-state index in [0.29, 0.717) is 0 Å². The molecule has 40 valence electrons. The molecule has 0 aliphatic carbocycles. The fraction of sp³-hybridized carbons (Fsp3) is 1.00. The number of hydrogen-bond acceptors (Lipinski definition) is 1. The zero-order chi connectivity index (χ0) is 4.28. The lowest BCUT2D eigenvalue weighted by Crippen LogP contribution is -1.89. The van der Waals surface area contributed by atoms with E-state index in [1.807, 2.05) is 0 Å². The first kappa shape index (κ1) is 9.27. The molecule has 0 fully saturated rings. The Labute approximate surface area is 35.9 Å². The Kier molecular flexibility index (Phi) is 7.44. The van der Waals surface area contributed by atoms with E-state index in [-0.39, 0.29) is 7.43 Å². The van der Waals surface area contributed by atoms with Crippen LogP contribution in [0.5, 0.6) is 0 Å². The zero-order valence-corrected chi connectivity index (χ0v) is 2.74. The van der Waals surface area contributed by atoms with Crippen LogP contribution in [0.1, 0.15) is 7.43 Å². The van der Waals surface area contributed by atoms with E-state index in [9.17, 15) is 8.78 Å². The van der Waals surface area contributed by atoms with Gasteiger partial charge in [-0.15, -0.1) is 0 Å². The maximum absolute atomic E-state index is 10.5. The first-order chi connectivity index (χ1) is 2.27. The van der Waals surface area contributed by atoms with Crippen LogP contribution in [0, 0.1) is 0 Å². The van der Waals surface area contributed by atoms with Crippen LogP contribution in [0.15, 0.2) is 0 Å². The molecule has 0 unspecified atom stereocenters. The highest BCUT2D eigenvalue weighted by Gasteiger charge is 1.90. The van der Waals surface area contributed by atoms with E-state index in [2.05, 4.69) is 4.74 Å². The average Bonchev–Trinajstić information content (AvgIpc) is 1.38. The lowest BCUT2D eigenvalue weighted by atomic mass is 11.4. The van der Waals surface area contributed by atoms with Gasteiger partial charge in [0.05, 0.1) is 0 Å². The summed E-state index contributed by atoms with van der Waals surface area (Å²) in [6.07, 6.45) is 0. The first-order valence-electron chi connectivity index (χ1n) is 1.08. The van der Waals surface area contributed by atoms with Crippen LogP contribution < -0.4 is 0 Å². The monoisotopic (exact) mass is 98.1 g/mol. The largest absolute Gasteiger partial charge is 0.345 e. The Morgan fingerprint density at radius 1 is 1.50 bits per heavy atom. The van der Waals surface area contributed by atoms with Crippen molar-refractivity contribution in [3.05, 3.63) is 0 Å². The van der Waals surface area contributed by atoms with Gasteiger partial charge in [-0.05, 0) is 0 Å². The molecule has 0 aromatic rings. The van der Waals surface area contributed by atoms with Crippen LogP contribution in [0.3, 0.4) is 0 Å². The maximum atomic E-state index is 10.5. The summed E-state index contributed by atoms with van der Waals surface area (Å²) < 4.78 is 24.5. The summed E-state index contributed by atoms with van der Waals surface area (Å²) in [5.41, 5.74) is 0. The second-order valence-corrected chi connectivity index (χ2v) is 0.496. The topological polar surface area (TPSA) is 9.23 Å². The van der Waals surface area contributed by atoms with Gasteiger partial charge in [-0.3, -0.25) is 0 Å². The van der Waals surface area contributed by atoms with Gasteiger partial charge in [0, 0.05) is 7.11 Å². The van der Waals surface area contributed by atoms with E-state index < -0.39 is 6.61 Å². The molecule has 0 bridgehead atoms. The Hall–Kier alpha value is -0.180. The lowest BCUT2D eigenvalue weighted by Gasteiger charge is -1.85. The van der Waals surface area contributed by atoms with Crippen molar-refractivity contribution in [2.75, 3.05) is 7.11 Å². The normalized spacial score (nSPS) is 8.00. The van der Waals surface area contributed by atoms with Crippen LogP contribution >= 0.6 is 0 Å². The number of alkyl halides is 2. The molecule has 0 aliphatic rings. The Balaban J connectivity index is 0. The Bertz CT molecular complexity index is 22.8. The molecule has 0 aromatic heterocycles. The van der Waals surface area contributed by atoms with Crippen molar-refractivity contribution < 1.29 is 13.5 Å². The first-order valence-corrected chi connectivity index (χ1v) is 1.08. The summed E-state index contributed by atoms with van der Waals surface area (Å²) in [7, 11) is 0.949. The number of methoxy groups -OCH3 is 1. The molecule has 6 heavy (non-hydrogen) atoms. The number of ether oxygens (including phenoxy) is 1. The summed E-state index contributed by atoms with van der Waals surface area (Å²) in [5.74, 6) is 0. The minimum atomic E-state index is -2.62. The van der Waals surface area contributed by atoms with Crippen molar-refractivity contribution in [2.45, 2.75) is 14.0 Å². The third-order valence-electron chi connectivity index (χ3n) is 0.178. The van der Waals surface area contributed by atoms with Crippen molar-refractivity contribution in [1.82, 2.24) is 0 Å². The van der Waals surface area contributed by atoms with Gasteiger partial charge in [0.1, 0.15) is 0 Å². The van der Waals surface area contributed by atoms with Gasteiger partial charge >= 0.3 is 6.61 Å². The SMILES string of the molecule is C.COC(F)F. The fourth-order valence-corrected chi connectivity index (χ4v) is 0. The molecule has 0 atom stereocenters. The summed E-state index contributed by atoms with van der Waals surface area (Å²) in [6, 6.07) is 0. The van der Waals surface area contributed by atoms with Crippen molar-refractivity contribution in [1.29, 1.82) is 0 Å². The highest BCUT2D eigenvalue weighted by atomic mass is 19.3. The van der Waals surface area contributed by atoms with Gasteiger partial charge < -0.3 is 4.74 Å². The molecule has 0 saturated heterocycles. The van der Waals surface area contributed by atoms with Crippen LogP contribution in [-0.4, -0.2) is 13.7 Å². The fourth-order valence-electron chi connectivity index (χ4n) is 0. The highest BCUT2D eigenvalue weighted by molar-refractivity contribution is 3.94. The van der Waals surface area contributed by atoms with Crippen LogP contribution in [0.4, 0.5) is 8.78 Å².